The van der Waals surface area contributed by atoms with Crippen LogP contribution in [0.4, 0.5) is 0 Å². The second-order valence-corrected chi connectivity index (χ2v) is 6.10. The zero-order valence-electron chi connectivity index (χ0n) is 11.4. The van der Waals surface area contributed by atoms with Gasteiger partial charge in [0.25, 0.3) is 0 Å². The van der Waals surface area contributed by atoms with E-state index in [1.165, 1.54) is 0 Å². The van der Waals surface area contributed by atoms with Crippen molar-refractivity contribution >= 4 is 21.9 Å². The number of halogens is 1. The first-order valence-corrected chi connectivity index (χ1v) is 6.74. The SMILES string of the molecule is CC(C)(C)OC(=O)[C@@H](N=[N+]=[N-])[C@H](O)c1cccc(Br)c1. The summed E-state index contributed by atoms with van der Waals surface area (Å²) in [5, 5.41) is 13.6. The van der Waals surface area contributed by atoms with Gasteiger partial charge in [-0.15, -0.1) is 0 Å². The van der Waals surface area contributed by atoms with Crippen LogP contribution in [-0.4, -0.2) is 22.7 Å². The molecule has 1 N–H and O–H groups in total. The Morgan fingerprint density at radius 3 is 2.65 bits per heavy atom. The van der Waals surface area contributed by atoms with Crippen molar-refractivity contribution in [3.63, 3.8) is 0 Å². The van der Waals surface area contributed by atoms with Crippen LogP contribution in [0.15, 0.2) is 33.9 Å². The van der Waals surface area contributed by atoms with E-state index in [2.05, 4.69) is 26.0 Å². The molecule has 0 aromatic heterocycles. The largest absolute Gasteiger partial charge is 0.460 e. The number of ether oxygens (including phenoxy) is 1. The Bertz CT molecular complexity index is 536. The van der Waals surface area contributed by atoms with Crippen LogP contribution in [0.1, 0.15) is 32.4 Å². The van der Waals surface area contributed by atoms with Crippen LogP contribution in [0.25, 0.3) is 10.4 Å². The number of esters is 1. The van der Waals surface area contributed by atoms with Crippen LogP contribution in [0.2, 0.25) is 0 Å². The fourth-order valence-corrected chi connectivity index (χ4v) is 1.95. The maximum absolute atomic E-state index is 12.0. The van der Waals surface area contributed by atoms with Crippen molar-refractivity contribution in [2.75, 3.05) is 0 Å². The van der Waals surface area contributed by atoms with Crippen molar-refractivity contribution in [3.8, 4) is 0 Å². The van der Waals surface area contributed by atoms with Gasteiger partial charge in [-0.1, -0.05) is 33.2 Å². The molecule has 6 nitrogen and oxygen atoms in total. The highest BCUT2D eigenvalue weighted by atomic mass is 79.9. The zero-order valence-corrected chi connectivity index (χ0v) is 13.0. The summed E-state index contributed by atoms with van der Waals surface area (Å²) in [6.07, 6.45) is -1.27. The molecule has 0 fully saturated rings. The molecule has 20 heavy (non-hydrogen) atoms. The molecule has 0 saturated carbocycles. The Morgan fingerprint density at radius 1 is 1.50 bits per heavy atom. The number of nitrogens with zero attached hydrogens (tertiary/aromatic N) is 3. The zero-order chi connectivity index (χ0) is 15.3. The molecule has 2 atom stereocenters. The third-order valence-electron chi connectivity index (χ3n) is 2.31. The standard InChI is InChI=1S/C13H16BrN3O3/c1-13(2,3)20-12(19)10(16-17-15)11(18)8-5-4-6-9(14)7-8/h4-7,10-11,18H,1-3H3/t10-,11+/m0/s1. The fourth-order valence-electron chi connectivity index (χ4n) is 1.53. The minimum atomic E-state index is -1.33. The number of hydrogen-bond donors (Lipinski definition) is 1. The molecule has 1 aromatic rings. The van der Waals surface area contributed by atoms with Gasteiger partial charge in [0.1, 0.15) is 5.60 Å². The lowest BCUT2D eigenvalue weighted by Gasteiger charge is -2.24. The molecule has 0 aliphatic rings. The molecule has 0 bridgehead atoms. The molecule has 0 radical (unpaired) electrons. The molecule has 1 rings (SSSR count). The van der Waals surface area contributed by atoms with Crippen molar-refractivity contribution in [2.24, 2.45) is 5.11 Å². The summed E-state index contributed by atoms with van der Waals surface area (Å²) in [6.45, 7) is 5.09. The molecule has 1 aromatic carbocycles. The van der Waals surface area contributed by atoms with E-state index in [0.29, 0.717) is 5.56 Å². The van der Waals surface area contributed by atoms with Gasteiger partial charge < -0.3 is 9.84 Å². The monoisotopic (exact) mass is 341 g/mol. The van der Waals surface area contributed by atoms with Gasteiger partial charge in [-0.05, 0) is 44.0 Å². The lowest BCUT2D eigenvalue weighted by molar-refractivity contribution is -0.159. The van der Waals surface area contributed by atoms with E-state index in [0.717, 1.165) is 4.47 Å². The summed E-state index contributed by atoms with van der Waals surface area (Å²) in [4.78, 5) is 14.6. The summed E-state index contributed by atoms with van der Waals surface area (Å²) in [6, 6.07) is 5.46. The molecule has 0 amide bonds. The van der Waals surface area contributed by atoms with Crippen molar-refractivity contribution in [1.82, 2.24) is 0 Å². The molecule has 0 saturated heterocycles. The summed E-state index contributed by atoms with van der Waals surface area (Å²) in [5.41, 5.74) is 8.30. The van der Waals surface area contributed by atoms with Gasteiger partial charge >= 0.3 is 5.97 Å². The van der Waals surface area contributed by atoms with Gasteiger partial charge in [0.05, 0.1) is 6.10 Å². The molecule has 0 spiro atoms. The summed E-state index contributed by atoms with van der Waals surface area (Å²) in [7, 11) is 0. The number of aliphatic hydroxyl groups excluding tert-OH is 1. The van der Waals surface area contributed by atoms with Crippen LogP contribution in [0.3, 0.4) is 0 Å². The number of rotatable bonds is 4. The Morgan fingerprint density at radius 2 is 2.15 bits per heavy atom. The molecule has 108 valence electrons. The summed E-state index contributed by atoms with van der Waals surface area (Å²) >= 11 is 3.27. The third kappa shape index (κ3) is 4.85. The molecule has 0 heterocycles. The predicted molar refractivity (Wildman–Crippen MR) is 77.9 cm³/mol. The van der Waals surface area contributed by atoms with Crippen LogP contribution in [0, 0.1) is 0 Å². The second kappa shape index (κ2) is 6.74. The Labute approximate surface area is 125 Å². The number of carbonyl (C=O) groups excluding carboxylic acids is 1. The molecule has 0 aliphatic heterocycles. The third-order valence-corrected chi connectivity index (χ3v) is 2.81. The van der Waals surface area contributed by atoms with Gasteiger partial charge in [-0.25, -0.2) is 0 Å². The van der Waals surface area contributed by atoms with Crippen molar-refractivity contribution in [1.29, 1.82) is 0 Å². The van der Waals surface area contributed by atoms with Crippen LogP contribution in [0.5, 0.6) is 0 Å². The van der Waals surface area contributed by atoms with Gasteiger partial charge in [-0.2, -0.15) is 0 Å². The van der Waals surface area contributed by atoms with Gasteiger partial charge in [0, 0.05) is 9.38 Å². The normalized spacial score (nSPS) is 14.1. The number of hydrogen-bond acceptors (Lipinski definition) is 4. The highest BCUT2D eigenvalue weighted by Gasteiger charge is 2.31. The van der Waals surface area contributed by atoms with E-state index < -0.39 is 23.7 Å². The average molecular weight is 342 g/mol. The van der Waals surface area contributed by atoms with Crippen LogP contribution >= 0.6 is 15.9 Å². The number of azide groups is 1. The Balaban J connectivity index is 3.02. The molecule has 7 heteroatoms. The average Bonchev–Trinajstić information content (AvgIpc) is 2.33. The van der Waals surface area contributed by atoms with E-state index in [9.17, 15) is 9.90 Å². The van der Waals surface area contributed by atoms with Gasteiger partial charge in [-0.3, -0.25) is 4.79 Å². The van der Waals surface area contributed by atoms with Gasteiger partial charge in [0.2, 0.25) is 0 Å². The van der Waals surface area contributed by atoms with Crippen molar-refractivity contribution in [3.05, 3.63) is 44.7 Å². The van der Waals surface area contributed by atoms with E-state index >= 15 is 0 Å². The lowest BCUT2D eigenvalue weighted by Crippen LogP contribution is -2.34. The van der Waals surface area contributed by atoms with E-state index in [1.54, 1.807) is 45.0 Å². The Hall–Kier alpha value is -1.56. The summed E-state index contributed by atoms with van der Waals surface area (Å²) in [5.74, 6) is -0.761. The number of benzene rings is 1. The minimum Gasteiger partial charge on any atom is -0.460 e. The van der Waals surface area contributed by atoms with Crippen LogP contribution < -0.4 is 0 Å². The first-order chi connectivity index (χ1) is 9.24. The van der Waals surface area contributed by atoms with E-state index in [1.807, 2.05) is 0 Å². The predicted octanol–water partition coefficient (Wildman–Crippen LogP) is 3.50. The quantitative estimate of drug-likeness (QED) is 0.392. The Kier molecular flexibility index (Phi) is 5.56. The first kappa shape index (κ1) is 16.5. The van der Waals surface area contributed by atoms with Crippen molar-refractivity contribution < 1.29 is 14.6 Å². The fraction of sp³-hybridized carbons (Fsp3) is 0.462. The minimum absolute atomic E-state index is 0.461. The molecule has 0 unspecified atom stereocenters. The molecule has 0 aliphatic carbocycles. The number of aliphatic hydroxyl groups is 1. The van der Waals surface area contributed by atoms with Crippen LogP contribution in [-0.2, 0) is 9.53 Å². The summed E-state index contributed by atoms with van der Waals surface area (Å²) < 4.78 is 5.90. The highest BCUT2D eigenvalue weighted by Crippen LogP contribution is 2.24. The van der Waals surface area contributed by atoms with Crippen molar-refractivity contribution in [2.45, 2.75) is 38.5 Å². The maximum atomic E-state index is 12.0. The second-order valence-electron chi connectivity index (χ2n) is 5.18. The molecular weight excluding hydrogens is 326 g/mol. The highest BCUT2D eigenvalue weighted by molar-refractivity contribution is 9.10. The molecular formula is C13H16BrN3O3. The van der Waals surface area contributed by atoms with E-state index in [4.69, 9.17) is 10.3 Å². The van der Waals surface area contributed by atoms with E-state index in [-0.39, 0.29) is 0 Å². The maximum Gasteiger partial charge on any atom is 0.318 e. The smallest absolute Gasteiger partial charge is 0.318 e. The van der Waals surface area contributed by atoms with Gasteiger partial charge in [0.15, 0.2) is 6.04 Å². The topological polar surface area (TPSA) is 95.3 Å². The number of carbonyl (C=O) groups is 1. The lowest BCUT2D eigenvalue weighted by atomic mass is 10.0. The first-order valence-electron chi connectivity index (χ1n) is 5.95.